The zero-order valence-electron chi connectivity index (χ0n) is 13.3. The molecule has 0 amide bonds. The fraction of sp³-hybridized carbons (Fsp3) is 0.278. The molecule has 24 heavy (non-hydrogen) atoms. The van der Waals surface area contributed by atoms with E-state index in [0.29, 0.717) is 0 Å². The number of halogens is 2. The summed E-state index contributed by atoms with van der Waals surface area (Å²) in [6.07, 6.45) is 1.72. The number of piperazine rings is 1. The number of phenols is 1. The van der Waals surface area contributed by atoms with Gasteiger partial charge in [-0.1, -0.05) is 45.7 Å². The number of hydrogen-bond donors (Lipinski definition) is 2. The summed E-state index contributed by atoms with van der Waals surface area (Å²) in [5.41, 5.74) is 1.92. The Morgan fingerprint density at radius 3 is 2.71 bits per heavy atom. The summed E-state index contributed by atoms with van der Waals surface area (Å²) in [5.74, 6) is 0.241. The van der Waals surface area contributed by atoms with Gasteiger partial charge in [0, 0.05) is 20.6 Å². The second kappa shape index (κ2) is 8.01. The van der Waals surface area contributed by atoms with Gasteiger partial charge in [-0.2, -0.15) is 5.10 Å². The van der Waals surface area contributed by atoms with E-state index >= 15 is 0 Å². The molecule has 1 fully saturated rings. The van der Waals surface area contributed by atoms with Crippen molar-refractivity contribution in [1.82, 2.24) is 5.01 Å². The lowest BCUT2D eigenvalue weighted by atomic mass is 10.2. The Morgan fingerprint density at radius 1 is 1.21 bits per heavy atom. The average Bonchev–Trinajstić information content (AvgIpc) is 2.59. The summed E-state index contributed by atoms with van der Waals surface area (Å²) in [7, 11) is 0. The van der Waals surface area contributed by atoms with E-state index in [9.17, 15) is 5.11 Å². The van der Waals surface area contributed by atoms with Crippen molar-refractivity contribution >= 4 is 33.7 Å². The van der Waals surface area contributed by atoms with Crippen molar-refractivity contribution in [3.05, 3.63) is 63.1 Å². The molecule has 0 aliphatic carbocycles. The van der Waals surface area contributed by atoms with Crippen LogP contribution in [0, 0.1) is 0 Å². The summed E-state index contributed by atoms with van der Waals surface area (Å²) in [4.78, 5) is 1.51. The molecule has 2 aromatic rings. The van der Waals surface area contributed by atoms with E-state index in [0.717, 1.165) is 47.8 Å². The van der Waals surface area contributed by atoms with Crippen LogP contribution in [0.2, 0.25) is 5.02 Å². The second-order valence-electron chi connectivity index (χ2n) is 5.92. The van der Waals surface area contributed by atoms with Crippen LogP contribution in [0.25, 0.3) is 0 Å². The number of phenolic OH excluding ortho intramolecular Hbond substituents is 1. The van der Waals surface area contributed by atoms with Gasteiger partial charge in [0.25, 0.3) is 0 Å². The summed E-state index contributed by atoms with van der Waals surface area (Å²) in [6.45, 7) is 4.78. The van der Waals surface area contributed by atoms with Gasteiger partial charge in [-0.25, -0.2) is 0 Å². The molecule has 0 aromatic heterocycles. The maximum Gasteiger partial charge on any atom is 0.124 e. The van der Waals surface area contributed by atoms with Crippen LogP contribution in [0.1, 0.15) is 11.1 Å². The summed E-state index contributed by atoms with van der Waals surface area (Å²) >= 11 is 9.65. The normalized spacial score (nSPS) is 16.0. The molecule has 2 aromatic carbocycles. The van der Waals surface area contributed by atoms with E-state index < -0.39 is 0 Å². The molecule has 1 saturated heterocycles. The molecule has 0 bridgehead atoms. The average molecular weight is 410 g/mol. The largest absolute Gasteiger partial charge is 0.507 e. The Kier molecular flexibility index (Phi) is 5.76. The Labute approximate surface area is 155 Å². The zero-order chi connectivity index (χ0) is 16.9. The van der Waals surface area contributed by atoms with Crippen molar-refractivity contribution in [3.8, 4) is 5.75 Å². The third-order valence-corrected chi connectivity index (χ3v) is 5.06. The minimum absolute atomic E-state index is 0.241. The van der Waals surface area contributed by atoms with Crippen LogP contribution < -0.4 is 4.90 Å². The van der Waals surface area contributed by atoms with Crippen LogP contribution in [0.3, 0.4) is 0 Å². The lowest BCUT2D eigenvalue weighted by Crippen LogP contribution is -3.13. The fourth-order valence-electron chi connectivity index (χ4n) is 2.79. The first kappa shape index (κ1) is 17.3. The van der Waals surface area contributed by atoms with Crippen LogP contribution in [-0.4, -0.2) is 42.5 Å². The van der Waals surface area contributed by atoms with Crippen LogP contribution in [0.15, 0.2) is 52.0 Å². The highest BCUT2D eigenvalue weighted by Crippen LogP contribution is 2.20. The number of hydrazone groups is 1. The van der Waals surface area contributed by atoms with Crippen molar-refractivity contribution in [2.45, 2.75) is 6.54 Å². The number of quaternary nitrogens is 1. The van der Waals surface area contributed by atoms with Crippen molar-refractivity contribution in [2.75, 3.05) is 26.2 Å². The SMILES string of the molecule is Oc1ccc(Br)cc1/C=N/N1CC[NH+](Cc2ccccc2Cl)CC1. The number of nitrogens with one attached hydrogen (secondary N) is 1. The molecule has 0 saturated carbocycles. The van der Waals surface area contributed by atoms with Crippen LogP contribution in [0.4, 0.5) is 0 Å². The van der Waals surface area contributed by atoms with Gasteiger partial charge in [-0.05, 0) is 24.3 Å². The van der Waals surface area contributed by atoms with E-state index in [2.05, 4.69) is 32.1 Å². The van der Waals surface area contributed by atoms with Crippen LogP contribution in [0.5, 0.6) is 5.75 Å². The first-order valence-corrected chi connectivity index (χ1v) is 9.13. The number of hydrogen-bond acceptors (Lipinski definition) is 3. The lowest BCUT2D eigenvalue weighted by Gasteiger charge is -2.30. The van der Waals surface area contributed by atoms with Gasteiger partial charge in [0.1, 0.15) is 12.3 Å². The van der Waals surface area contributed by atoms with Crippen molar-refractivity contribution in [2.24, 2.45) is 5.10 Å². The summed E-state index contributed by atoms with van der Waals surface area (Å²) < 4.78 is 0.927. The number of aromatic hydroxyl groups is 1. The molecule has 1 aliphatic rings. The molecule has 6 heteroatoms. The topological polar surface area (TPSA) is 40.3 Å². The monoisotopic (exact) mass is 408 g/mol. The minimum atomic E-state index is 0.241. The van der Waals surface area contributed by atoms with Gasteiger partial charge in [0.05, 0.1) is 32.4 Å². The Hall–Kier alpha value is -1.56. The molecule has 0 unspecified atom stereocenters. The van der Waals surface area contributed by atoms with Crippen molar-refractivity contribution in [1.29, 1.82) is 0 Å². The zero-order valence-corrected chi connectivity index (χ0v) is 15.6. The summed E-state index contributed by atoms with van der Waals surface area (Å²) in [5, 5.41) is 17.2. The molecule has 0 atom stereocenters. The third kappa shape index (κ3) is 4.50. The highest BCUT2D eigenvalue weighted by Gasteiger charge is 2.19. The molecular weight excluding hydrogens is 390 g/mol. The van der Waals surface area contributed by atoms with E-state index in [-0.39, 0.29) is 5.75 Å². The predicted molar refractivity (Wildman–Crippen MR) is 101 cm³/mol. The van der Waals surface area contributed by atoms with Crippen LogP contribution in [-0.2, 0) is 6.54 Å². The maximum absolute atomic E-state index is 9.85. The third-order valence-electron chi connectivity index (χ3n) is 4.19. The molecular formula is C18H20BrClN3O+. The van der Waals surface area contributed by atoms with Crippen molar-refractivity contribution < 1.29 is 10.0 Å². The first-order chi connectivity index (χ1) is 11.6. The highest BCUT2D eigenvalue weighted by molar-refractivity contribution is 9.10. The highest BCUT2D eigenvalue weighted by atomic mass is 79.9. The van der Waals surface area contributed by atoms with E-state index in [1.165, 1.54) is 10.5 Å². The second-order valence-corrected chi connectivity index (χ2v) is 7.24. The molecule has 0 radical (unpaired) electrons. The first-order valence-electron chi connectivity index (χ1n) is 7.96. The smallest absolute Gasteiger partial charge is 0.124 e. The number of benzene rings is 2. The maximum atomic E-state index is 9.85. The van der Waals surface area contributed by atoms with Gasteiger partial charge in [-0.15, -0.1) is 0 Å². The molecule has 126 valence electrons. The Bertz CT molecular complexity index is 730. The molecule has 1 aliphatic heterocycles. The molecule has 0 spiro atoms. The quantitative estimate of drug-likeness (QED) is 0.762. The van der Waals surface area contributed by atoms with Gasteiger partial charge in [0.2, 0.25) is 0 Å². The van der Waals surface area contributed by atoms with E-state index in [4.69, 9.17) is 11.6 Å². The Morgan fingerprint density at radius 2 is 1.96 bits per heavy atom. The lowest BCUT2D eigenvalue weighted by molar-refractivity contribution is -0.918. The van der Waals surface area contributed by atoms with Gasteiger partial charge in [0.15, 0.2) is 0 Å². The fourth-order valence-corrected chi connectivity index (χ4v) is 3.37. The van der Waals surface area contributed by atoms with Crippen molar-refractivity contribution in [3.63, 3.8) is 0 Å². The standard InChI is InChI=1S/C18H19BrClN3O/c19-16-5-6-18(24)15(11-16)12-21-23-9-7-22(8-10-23)13-14-3-1-2-4-17(14)20/h1-6,11-12,24H,7-10,13H2/p+1/b21-12+. The molecule has 3 rings (SSSR count). The molecule has 1 heterocycles. The summed E-state index contributed by atoms with van der Waals surface area (Å²) in [6, 6.07) is 13.4. The van der Waals surface area contributed by atoms with Crippen LogP contribution >= 0.6 is 27.5 Å². The van der Waals surface area contributed by atoms with E-state index in [1.54, 1.807) is 12.3 Å². The minimum Gasteiger partial charge on any atom is -0.507 e. The van der Waals surface area contributed by atoms with Gasteiger partial charge < -0.3 is 10.0 Å². The van der Waals surface area contributed by atoms with E-state index in [1.807, 2.05) is 30.3 Å². The number of rotatable bonds is 4. The van der Waals surface area contributed by atoms with Gasteiger partial charge in [-0.3, -0.25) is 5.01 Å². The molecule has 2 N–H and O–H groups in total. The number of nitrogens with zero attached hydrogens (tertiary/aromatic N) is 2. The predicted octanol–water partition coefficient (Wildman–Crippen LogP) is 2.54. The Balaban J connectivity index is 1.54. The molecule has 4 nitrogen and oxygen atoms in total. The van der Waals surface area contributed by atoms with Gasteiger partial charge >= 0.3 is 0 Å².